The lowest BCUT2D eigenvalue weighted by atomic mass is 9.76. The van der Waals surface area contributed by atoms with Gasteiger partial charge in [-0.3, -0.25) is 34.6 Å². The second kappa shape index (κ2) is 7.87. The lowest BCUT2D eigenvalue weighted by Gasteiger charge is -2.29. The molecular formula is C23H21N5O7. The summed E-state index contributed by atoms with van der Waals surface area (Å²) in [5, 5.41) is 17.4. The monoisotopic (exact) mass is 479 g/mol. The molecule has 2 fully saturated rings. The average molecular weight is 479 g/mol. The van der Waals surface area contributed by atoms with Crippen LogP contribution in [0.4, 0.5) is 17.1 Å². The van der Waals surface area contributed by atoms with Gasteiger partial charge in [0.15, 0.2) is 0 Å². The van der Waals surface area contributed by atoms with Crippen molar-refractivity contribution in [1.29, 1.82) is 0 Å². The van der Waals surface area contributed by atoms with Crippen molar-refractivity contribution in [3.05, 3.63) is 58.1 Å². The molecule has 3 aliphatic heterocycles. The summed E-state index contributed by atoms with van der Waals surface area (Å²) in [4.78, 5) is 64.2. The second-order valence-corrected chi connectivity index (χ2v) is 8.69. The first-order valence-electron chi connectivity index (χ1n) is 10.9. The summed E-state index contributed by atoms with van der Waals surface area (Å²) < 4.78 is 5.29. The highest BCUT2D eigenvalue weighted by molar-refractivity contribution is 6.26. The lowest BCUT2D eigenvalue weighted by Crippen LogP contribution is -2.53. The van der Waals surface area contributed by atoms with Crippen LogP contribution < -0.4 is 26.0 Å². The molecular weight excluding hydrogens is 458 g/mol. The Morgan fingerprint density at radius 1 is 1.20 bits per heavy atom. The predicted octanol–water partition coefficient (Wildman–Crippen LogP) is 0.794. The zero-order valence-electron chi connectivity index (χ0n) is 18.5. The number of carbonyl (C=O) groups excluding carboxylic acids is 4. The van der Waals surface area contributed by atoms with Gasteiger partial charge in [0.1, 0.15) is 17.0 Å². The highest BCUT2D eigenvalue weighted by Crippen LogP contribution is 2.54. The van der Waals surface area contributed by atoms with Crippen LogP contribution in [-0.4, -0.2) is 41.7 Å². The van der Waals surface area contributed by atoms with E-state index in [9.17, 15) is 29.3 Å². The number of carbonyl (C=O) groups is 4. The van der Waals surface area contributed by atoms with Crippen molar-refractivity contribution in [2.45, 2.75) is 24.4 Å². The summed E-state index contributed by atoms with van der Waals surface area (Å²) in [6.45, 7) is 0. The van der Waals surface area contributed by atoms with E-state index in [0.29, 0.717) is 11.3 Å². The van der Waals surface area contributed by atoms with Crippen molar-refractivity contribution < 1.29 is 28.8 Å². The molecule has 0 aliphatic carbocycles. The highest BCUT2D eigenvalue weighted by atomic mass is 16.6. The Labute approximate surface area is 198 Å². The van der Waals surface area contributed by atoms with Crippen LogP contribution in [0.25, 0.3) is 0 Å². The maximum atomic E-state index is 13.9. The van der Waals surface area contributed by atoms with E-state index in [-0.39, 0.29) is 30.0 Å². The molecule has 4 N–H and O–H groups in total. The standard InChI is InChI=1S/C23H21N5O7/c1-35-16-8-6-11(28(33)34)10-15(16)27-20(30)18-14(7-9-17(24)29)26-23(19(18)21(27)31)12-4-2-3-5-13(12)25-22(23)32/h2-6,8,10,14,18-19,26H,7,9H2,1H3,(H2,24,29)(H,25,32)/t14-,18+,19-,23-/m0/s1. The number of nitrogens with zero attached hydrogens (tertiary/aromatic N) is 2. The Kier molecular flexibility index (Phi) is 5.06. The molecule has 12 nitrogen and oxygen atoms in total. The molecule has 0 radical (unpaired) electrons. The molecule has 2 saturated heterocycles. The third kappa shape index (κ3) is 3.10. The number of hydrogen-bond acceptors (Lipinski definition) is 8. The number of nitro groups is 1. The van der Waals surface area contributed by atoms with Gasteiger partial charge in [0.25, 0.3) is 5.69 Å². The Morgan fingerprint density at radius 2 is 1.94 bits per heavy atom. The van der Waals surface area contributed by atoms with Crippen molar-refractivity contribution in [2.24, 2.45) is 17.6 Å². The number of hydrogen-bond donors (Lipinski definition) is 3. The Morgan fingerprint density at radius 3 is 2.63 bits per heavy atom. The van der Waals surface area contributed by atoms with Crippen LogP contribution in [0.5, 0.6) is 5.75 Å². The van der Waals surface area contributed by atoms with E-state index >= 15 is 0 Å². The predicted molar refractivity (Wildman–Crippen MR) is 121 cm³/mol. The van der Waals surface area contributed by atoms with Gasteiger partial charge in [-0.1, -0.05) is 18.2 Å². The number of primary amides is 1. The fraction of sp³-hybridized carbons (Fsp3) is 0.304. The highest BCUT2D eigenvalue weighted by Gasteiger charge is 2.70. The number of rotatable bonds is 6. The number of methoxy groups -OCH3 is 1. The molecule has 4 amide bonds. The van der Waals surface area contributed by atoms with E-state index in [0.717, 1.165) is 11.0 Å². The van der Waals surface area contributed by atoms with Gasteiger partial charge in [-0.15, -0.1) is 0 Å². The minimum atomic E-state index is -1.56. The van der Waals surface area contributed by atoms with Crippen LogP contribution in [0.15, 0.2) is 42.5 Å². The number of amides is 4. The molecule has 0 unspecified atom stereocenters. The Balaban J connectivity index is 1.67. The summed E-state index contributed by atoms with van der Waals surface area (Å²) in [6.07, 6.45) is 0.0501. The molecule has 3 aliphatic rings. The van der Waals surface area contributed by atoms with Gasteiger partial charge in [0.05, 0.1) is 23.9 Å². The third-order valence-electron chi connectivity index (χ3n) is 6.94. The van der Waals surface area contributed by atoms with Crippen LogP contribution in [0.1, 0.15) is 18.4 Å². The zero-order valence-corrected chi connectivity index (χ0v) is 18.5. The number of ether oxygens (including phenoxy) is 1. The van der Waals surface area contributed by atoms with Crippen molar-refractivity contribution in [2.75, 3.05) is 17.3 Å². The molecule has 35 heavy (non-hydrogen) atoms. The Hall–Kier alpha value is -4.32. The summed E-state index contributed by atoms with van der Waals surface area (Å²) >= 11 is 0. The largest absolute Gasteiger partial charge is 0.495 e. The van der Waals surface area contributed by atoms with Gasteiger partial charge in [-0.05, 0) is 18.6 Å². The van der Waals surface area contributed by atoms with E-state index < -0.39 is 52.0 Å². The average Bonchev–Trinajstić information content (AvgIpc) is 3.41. The number of fused-ring (bicyclic) bond motifs is 4. The molecule has 0 aromatic heterocycles. The number of nitro benzene ring substituents is 1. The van der Waals surface area contributed by atoms with Gasteiger partial charge >= 0.3 is 0 Å². The zero-order chi connectivity index (χ0) is 25.1. The minimum Gasteiger partial charge on any atom is -0.495 e. The number of para-hydroxylation sites is 1. The molecule has 5 rings (SSSR count). The van der Waals surface area contributed by atoms with Crippen LogP contribution in [0.2, 0.25) is 0 Å². The van der Waals surface area contributed by atoms with Gasteiger partial charge in [-0.25, -0.2) is 4.90 Å². The molecule has 1 spiro atoms. The molecule has 12 heteroatoms. The smallest absolute Gasteiger partial charge is 0.271 e. The van der Waals surface area contributed by atoms with Crippen molar-refractivity contribution in [3.8, 4) is 5.75 Å². The quantitative estimate of drug-likeness (QED) is 0.310. The summed E-state index contributed by atoms with van der Waals surface area (Å²) in [6, 6.07) is 9.71. The van der Waals surface area contributed by atoms with E-state index in [2.05, 4.69) is 10.6 Å². The third-order valence-corrected chi connectivity index (χ3v) is 6.94. The van der Waals surface area contributed by atoms with Gasteiger partial charge in [0, 0.05) is 35.8 Å². The normalized spacial score (nSPS) is 26.6. The first-order valence-corrected chi connectivity index (χ1v) is 10.9. The summed E-state index contributed by atoms with van der Waals surface area (Å²) in [5.74, 6) is -4.50. The number of nitrogens with one attached hydrogen (secondary N) is 2. The number of anilines is 2. The summed E-state index contributed by atoms with van der Waals surface area (Å²) in [5.41, 5.74) is 4.38. The van der Waals surface area contributed by atoms with Gasteiger partial charge in [0.2, 0.25) is 23.6 Å². The molecule has 2 aromatic carbocycles. The maximum Gasteiger partial charge on any atom is 0.271 e. The number of benzene rings is 2. The molecule has 2 aromatic rings. The number of non-ortho nitro benzene ring substituents is 1. The molecule has 0 saturated carbocycles. The molecule has 0 bridgehead atoms. The van der Waals surface area contributed by atoms with E-state index in [1.807, 2.05) is 0 Å². The number of imide groups is 1. The fourth-order valence-corrected chi connectivity index (χ4v) is 5.51. The maximum absolute atomic E-state index is 13.9. The van der Waals surface area contributed by atoms with Gasteiger partial charge in [-0.2, -0.15) is 0 Å². The van der Waals surface area contributed by atoms with Gasteiger partial charge < -0.3 is 15.8 Å². The minimum absolute atomic E-state index is 0.0676. The van der Waals surface area contributed by atoms with Crippen LogP contribution >= 0.6 is 0 Å². The van der Waals surface area contributed by atoms with Crippen molar-refractivity contribution in [3.63, 3.8) is 0 Å². The number of nitrogens with two attached hydrogens (primary N) is 1. The first-order chi connectivity index (χ1) is 16.7. The van der Waals surface area contributed by atoms with Crippen molar-refractivity contribution >= 4 is 40.7 Å². The van der Waals surface area contributed by atoms with Crippen LogP contribution in [0.3, 0.4) is 0 Å². The SMILES string of the molecule is COc1ccc([N+](=O)[O-])cc1N1C(=O)[C@@H]2[C@H](CCC(N)=O)N[C@]3(C(=O)Nc4ccccc43)[C@@H]2C1=O. The Bertz CT molecular complexity index is 1310. The molecule has 180 valence electrons. The van der Waals surface area contributed by atoms with Crippen molar-refractivity contribution in [1.82, 2.24) is 5.32 Å². The van der Waals surface area contributed by atoms with E-state index in [1.54, 1.807) is 24.3 Å². The first kappa shape index (κ1) is 22.5. The second-order valence-electron chi connectivity index (χ2n) is 8.69. The molecule has 4 atom stereocenters. The molecule has 3 heterocycles. The topological polar surface area (TPSA) is 174 Å². The van der Waals surface area contributed by atoms with Crippen LogP contribution in [0, 0.1) is 22.0 Å². The van der Waals surface area contributed by atoms with E-state index in [4.69, 9.17) is 10.5 Å². The summed E-state index contributed by atoms with van der Waals surface area (Å²) in [7, 11) is 1.32. The van der Waals surface area contributed by atoms with Crippen LogP contribution in [-0.2, 0) is 24.7 Å². The lowest BCUT2D eigenvalue weighted by molar-refractivity contribution is -0.384. The fourth-order valence-electron chi connectivity index (χ4n) is 5.51. The van der Waals surface area contributed by atoms with E-state index in [1.165, 1.54) is 19.2 Å².